The van der Waals surface area contributed by atoms with E-state index in [-0.39, 0.29) is 6.04 Å². The van der Waals surface area contributed by atoms with Gasteiger partial charge in [0, 0.05) is 24.5 Å². The summed E-state index contributed by atoms with van der Waals surface area (Å²) in [5, 5.41) is 6.28. The molecule has 4 nitrogen and oxygen atoms in total. The maximum absolute atomic E-state index is 6.05. The number of nitrogens with zero attached hydrogens (tertiary/aromatic N) is 3. The summed E-state index contributed by atoms with van der Waals surface area (Å²) in [7, 11) is 1.94. The van der Waals surface area contributed by atoms with Crippen LogP contribution in [-0.4, -0.2) is 14.8 Å². The smallest absolute Gasteiger partial charge is 0.0795 e. The summed E-state index contributed by atoms with van der Waals surface area (Å²) in [4.78, 5) is 4.21. The Labute approximate surface area is 92.8 Å². The van der Waals surface area contributed by atoms with Gasteiger partial charge in [-0.1, -0.05) is 0 Å². The van der Waals surface area contributed by atoms with Gasteiger partial charge in [0.1, 0.15) is 0 Å². The van der Waals surface area contributed by atoms with Crippen molar-refractivity contribution in [2.45, 2.75) is 19.4 Å². The van der Waals surface area contributed by atoms with Crippen molar-refractivity contribution in [1.82, 2.24) is 14.8 Å². The molecule has 0 saturated heterocycles. The van der Waals surface area contributed by atoms with Gasteiger partial charge >= 0.3 is 0 Å². The summed E-state index contributed by atoms with van der Waals surface area (Å²) in [6.45, 7) is 1.98. The van der Waals surface area contributed by atoms with Crippen LogP contribution in [0.1, 0.15) is 23.1 Å². The molecule has 0 aliphatic carbocycles. The Morgan fingerprint density at radius 2 is 2.40 bits per heavy atom. The van der Waals surface area contributed by atoms with Crippen molar-refractivity contribution in [3.8, 4) is 0 Å². The topological polar surface area (TPSA) is 56.7 Å². The highest BCUT2D eigenvalue weighted by Crippen LogP contribution is 2.16. The van der Waals surface area contributed by atoms with Crippen molar-refractivity contribution in [2.75, 3.05) is 0 Å². The molecule has 0 fully saturated rings. The first-order valence-corrected chi connectivity index (χ1v) is 5.74. The molecule has 0 aliphatic rings. The molecular weight excluding hydrogens is 208 g/mol. The molecule has 2 rings (SSSR count). The zero-order valence-corrected chi connectivity index (χ0v) is 9.66. The minimum atomic E-state index is -0.0361. The van der Waals surface area contributed by atoms with E-state index in [1.54, 1.807) is 11.3 Å². The normalized spacial score (nSPS) is 13.0. The van der Waals surface area contributed by atoms with Crippen molar-refractivity contribution in [3.05, 3.63) is 34.0 Å². The van der Waals surface area contributed by atoms with Crippen molar-refractivity contribution in [1.29, 1.82) is 0 Å². The molecule has 0 amide bonds. The number of aryl methyl sites for hydroxylation is 2. The van der Waals surface area contributed by atoms with Crippen molar-refractivity contribution >= 4 is 11.3 Å². The molecule has 0 aliphatic heterocycles. The van der Waals surface area contributed by atoms with E-state index in [0.29, 0.717) is 0 Å². The highest BCUT2D eigenvalue weighted by Gasteiger charge is 2.11. The van der Waals surface area contributed by atoms with Crippen LogP contribution in [0.4, 0.5) is 0 Å². The van der Waals surface area contributed by atoms with Gasteiger partial charge in [0.05, 0.1) is 22.9 Å². The van der Waals surface area contributed by atoms with E-state index >= 15 is 0 Å². The lowest BCUT2D eigenvalue weighted by atomic mass is 10.1. The van der Waals surface area contributed by atoms with Crippen LogP contribution in [0.15, 0.2) is 17.0 Å². The highest BCUT2D eigenvalue weighted by molar-refractivity contribution is 7.07. The Morgan fingerprint density at radius 1 is 1.60 bits per heavy atom. The fourth-order valence-electron chi connectivity index (χ4n) is 1.59. The van der Waals surface area contributed by atoms with Gasteiger partial charge in [-0.2, -0.15) is 5.10 Å². The van der Waals surface area contributed by atoms with E-state index in [9.17, 15) is 0 Å². The number of hydrogen-bond acceptors (Lipinski definition) is 4. The standard InChI is InChI=1S/C10H14N4S/c1-7-3-8(14(2)13-7)4-9(11)10-5-15-6-12-10/h3,5-6,9H,4,11H2,1-2H3. The minimum absolute atomic E-state index is 0.0361. The largest absolute Gasteiger partial charge is 0.322 e. The lowest BCUT2D eigenvalue weighted by molar-refractivity contribution is 0.631. The second-order valence-electron chi connectivity index (χ2n) is 3.62. The van der Waals surface area contributed by atoms with E-state index < -0.39 is 0 Å². The second kappa shape index (κ2) is 4.12. The van der Waals surface area contributed by atoms with Gasteiger partial charge in [-0.25, -0.2) is 4.98 Å². The maximum Gasteiger partial charge on any atom is 0.0795 e. The molecule has 0 bridgehead atoms. The third-order valence-electron chi connectivity index (χ3n) is 2.36. The molecule has 15 heavy (non-hydrogen) atoms. The number of hydrogen-bond donors (Lipinski definition) is 1. The van der Waals surface area contributed by atoms with Crippen molar-refractivity contribution in [2.24, 2.45) is 12.8 Å². The summed E-state index contributed by atoms with van der Waals surface area (Å²) in [5.74, 6) is 0. The van der Waals surface area contributed by atoms with Crippen LogP contribution < -0.4 is 5.73 Å². The van der Waals surface area contributed by atoms with E-state index in [4.69, 9.17) is 5.73 Å². The molecule has 0 spiro atoms. The monoisotopic (exact) mass is 222 g/mol. The zero-order chi connectivity index (χ0) is 10.8. The van der Waals surface area contributed by atoms with Crippen LogP contribution in [0.3, 0.4) is 0 Å². The van der Waals surface area contributed by atoms with Crippen molar-refractivity contribution in [3.63, 3.8) is 0 Å². The first-order valence-electron chi connectivity index (χ1n) is 4.80. The van der Waals surface area contributed by atoms with Crippen LogP contribution in [0.25, 0.3) is 0 Å². The van der Waals surface area contributed by atoms with E-state index in [0.717, 1.165) is 23.5 Å². The maximum atomic E-state index is 6.05. The predicted octanol–water partition coefficient (Wildman–Crippen LogP) is 1.43. The van der Waals surface area contributed by atoms with Crippen LogP contribution in [0.5, 0.6) is 0 Å². The van der Waals surface area contributed by atoms with Gasteiger partial charge in [-0.05, 0) is 13.0 Å². The first-order chi connectivity index (χ1) is 7.16. The van der Waals surface area contributed by atoms with Crippen LogP contribution >= 0.6 is 11.3 Å². The Balaban J connectivity index is 2.12. The molecule has 1 unspecified atom stereocenters. The van der Waals surface area contributed by atoms with Crippen LogP contribution in [0, 0.1) is 6.92 Å². The molecule has 80 valence electrons. The summed E-state index contributed by atoms with van der Waals surface area (Å²) >= 11 is 1.57. The lowest BCUT2D eigenvalue weighted by Gasteiger charge is -2.08. The molecule has 1 atom stereocenters. The predicted molar refractivity (Wildman–Crippen MR) is 60.7 cm³/mol. The Kier molecular flexibility index (Phi) is 2.83. The van der Waals surface area contributed by atoms with Gasteiger partial charge < -0.3 is 5.73 Å². The van der Waals surface area contributed by atoms with Gasteiger partial charge in [0.15, 0.2) is 0 Å². The number of aromatic nitrogens is 3. The van der Waals surface area contributed by atoms with Gasteiger partial charge in [-0.3, -0.25) is 4.68 Å². The Bertz CT molecular complexity index is 432. The molecule has 0 radical (unpaired) electrons. The molecule has 5 heteroatoms. The fourth-order valence-corrected chi connectivity index (χ4v) is 2.21. The second-order valence-corrected chi connectivity index (χ2v) is 4.34. The Hall–Kier alpha value is -1.20. The van der Waals surface area contributed by atoms with Crippen molar-refractivity contribution < 1.29 is 0 Å². The number of thiazole rings is 1. The average molecular weight is 222 g/mol. The first kappa shape index (κ1) is 10.3. The quantitative estimate of drug-likeness (QED) is 0.854. The van der Waals surface area contributed by atoms with Gasteiger partial charge in [0.25, 0.3) is 0 Å². The summed E-state index contributed by atoms with van der Waals surface area (Å²) < 4.78 is 1.88. The van der Waals surface area contributed by atoms with Crippen LogP contribution in [-0.2, 0) is 13.5 Å². The number of nitrogens with two attached hydrogens (primary N) is 1. The van der Waals surface area contributed by atoms with E-state index in [1.807, 2.05) is 29.5 Å². The lowest BCUT2D eigenvalue weighted by Crippen LogP contribution is -2.15. The van der Waals surface area contributed by atoms with Gasteiger partial charge in [-0.15, -0.1) is 11.3 Å². The summed E-state index contributed by atoms with van der Waals surface area (Å²) in [5.41, 5.74) is 11.0. The SMILES string of the molecule is Cc1cc(CC(N)c2cscn2)n(C)n1. The third-order valence-corrected chi connectivity index (χ3v) is 2.96. The van der Waals surface area contributed by atoms with E-state index in [1.165, 1.54) is 0 Å². The number of rotatable bonds is 3. The summed E-state index contributed by atoms with van der Waals surface area (Å²) in [6.07, 6.45) is 0.779. The molecular formula is C10H14N4S. The summed E-state index contributed by atoms with van der Waals surface area (Å²) in [6, 6.07) is 2.03. The molecule has 0 saturated carbocycles. The minimum Gasteiger partial charge on any atom is -0.322 e. The molecule has 2 N–H and O–H groups in total. The Morgan fingerprint density at radius 3 is 2.93 bits per heavy atom. The fraction of sp³-hybridized carbons (Fsp3) is 0.400. The van der Waals surface area contributed by atoms with Crippen LogP contribution in [0.2, 0.25) is 0 Å². The van der Waals surface area contributed by atoms with E-state index in [2.05, 4.69) is 16.1 Å². The average Bonchev–Trinajstić information content (AvgIpc) is 2.76. The molecule has 0 aromatic carbocycles. The molecule has 2 aromatic heterocycles. The highest BCUT2D eigenvalue weighted by atomic mass is 32.1. The third kappa shape index (κ3) is 2.24. The molecule has 2 heterocycles. The molecule has 2 aromatic rings. The van der Waals surface area contributed by atoms with Gasteiger partial charge in [0.2, 0.25) is 0 Å². The zero-order valence-electron chi connectivity index (χ0n) is 8.84.